The molecule has 0 saturated heterocycles. The Morgan fingerprint density at radius 1 is 1.14 bits per heavy atom. The van der Waals surface area contributed by atoms with E-state index < -0.39 is 17.3 Å². The summed E-state index contributed by atoms with van der Waals surface area (Å²) in [5.41, 5.74) is 4.59. The number of rotatable bonds is 2. The van der Waals surface area contributed by atoms with Crippen LogP contribution in [0.1, 0.15) is 11.5 Å². The molecule has 0 aromatic heterocycles. The summed E-state index contributed by atoms with van der Waals surface area (Å²) in [6.45, 7) is 0. The van der Waals surface area contributed by atoms with E-state index in [1.54, 1.807) is 36.4 Å². The molecule has 1 aromatic carbocycles. The summed E-state index contributed by atoms with van der Waals surface area (Å²) < 4.78 is 0. The zero-order valence-electron chi connectivity index (χ0n) is 10.7. The van der Waals surface area contributed by atoms with Gasteiger partial charge in [0.1, 0.15) is 23.1 Å². The average molecular weight is 294 g/mol. The Morgan fingerprint density at radius 2 is 1.76 bits per heavy atom. The molecule has 0 amide bonds. The molecule has 1 aliphatic rings. The summed E-state index contributed by atoms with van der Waals surface area (Å²) in [6, 6.07) is 14.2. The van der Waals surface area contributed by atoms with Gasteiger partial charge in [-0.1, -0.05) is 29.8 Å². The van der Waals surface area contributed by atoms with E-state index in [4.69, 9.17) is 27.9 Å². The molecule has 0 bridgehead atoms. The van der Waals surface area contributed by atoms with Gasteiger partial charge in [0, 0.05) is 10.9 Å². The standard InChI is InChI=1S/C15H8ClN5/c16-12-4-2-1-3-10(12)13-11(7-19)15(13,8-20)14(21)9(5-17)6-18/h1-4,11,13H,21H2/t11-,13+,15-/m1/s1. The van der Waals surface area contributed by atoms with Gasteiger partial charge >= 0.3 is 0 Å². The molecule has 1 saturated carbocycles. The van der Waals surface area contributed by atoms with E-state index in [1.807, 2.05) is 12.1 Å². The topological polar surface area (TPSA) is 121 Å². The Kier molecular flexibility index (Phi) is 3.56. The minimum atomic E-state index is -1.37. The number of halogens is 1. The highest BCUT2D eigenvalue weighted by Gasteiger charge is 2.70. The highest BCUT2D eigenvalue weighted by atomic mass is 35.5. The predicted molar refractivity (Wildman–Crippen MR) is 73.8 cm³/mol. The lowest BCUT2D eigenvalue weighted by molar-refractivity contribution is 0.719. The van der Waals surface area contributed by atoms with Crippen molar-refractivity contribution in [3.8, 4) is 24.3 Å². The van der Waals surface area contributed by atoms with Crippen LogP contribution in [-0.2, 0) is 0 Å². The molecule has 1 fully saturated rings. The van der Waals surface area contributed by atoms with Gasteiger partial charge < -0.3 is 5.73 Å². The number of allylic oxidation sites excluding steroid dienone is 2. The van der Waals surface area contributed by atoms with Crippen LogP contribution in [0, 0.1) is 56.7 Å². The molecule has 0 spiro atoms. The molecular weight excluding hydrogens is 286 g/mol. The van der Waals surface area contributed by atoms with Crippen molar-refractivity contribution in [2.24, 2.45) is 17.1 Å². The number of hydrogen-bond acceptors (Lipinski definition) is 5. The van der Waals surface area contributed by atoms with Crippen molar-refractivity contribution in [1.29, 1.82) is 21.0 Å². The van der Waals surface area contributed by atoms with Crippen LogP contribution in [0.2, 0.25) is 5.02 Å². The predicted octanol–water partition coefficient (Wildman–Crippen LogP) is 2.35. The first-order valence-electron chi connectivity index (χ1n) is 5.94. The van der Waals surface area contributed by atoms with Crippen molar-refractivity contribution in [2.75, 3.05) is 0 Å². The van der Waals surface area contributed by atoms with Crippen LogP contribution in [0.25, 0.3) is 0 Å². The Balaban J connectivity index is 2.63. The second-order valence-corrected chi connectivity index (χ2v) is 5.01. The molecule has 1 aromatic rings. The van der Waals surface area contributed by atoms with Gasteiger partial charge in [0.25, 0.3) is 0 Å². The molecule has 0 radical (unpaired) electrons. The van der Waals surface area contributed by atoms with Gasteiger partial charge in [0.2, 0.25) is 0 Å². The van der Waals surface area contributed by atoms with Gasteiger partial charge in [-0.3, -0.25) is 0 Å². The maximum absolute atomic E-state index is 9.51. The minimum absolute atomic E-state index is 0.161. The molecule has 5 nitrogen and oxygen atoms in total. The fraction of sp³-hybridized carbons (Fsp3) is 0.200. The summed E-state index contributed by atoms with van der Waals surface area (Å²) in [4.78, 5) is 0. The van der Waals surface area contributed by atoms with Crippen LogP contribution in [0.15, 0.2) is 35.5 Å². The molecule has 3 atom stereocenters. The molecular formula is C15H8ClN5. The SMILES string of the molecule is N#CC(C#N)=C(N)[C@]1(C#N)[C@H](C#N)[C@@H]1c1ccccc1Cl. The second-order valence-electron chi connectivity index (χ2n) is 4.60. The van der Waals surface area contributed by atoms with E-state index >= 15 is 0 Å². The normalized spacial score (nSPS) is 25.6. The quantitative estimate of drug-likeness (QED) is 0.839. The molecule has 100 valence electrons. The van der Waals surface area contributed by atoms with E-state index in [0.717, 1.165) is 0 Å². The van der Waals surface area contributed by atoms with Crippen molar-refractivity contribution in [2.45, 2.75) is 5.92 Å². The van der Waals surface area contributed by atoms with Crippen molar-refractivity contribution >= 4 is 11.6 Å². The molecule has 21 heavy (non-hydrogen) atoms. The fourth-order valence-electron chi connectivity index (χ4n) is 2.60. The number of nitrogens with two attached hydrogens (primary N) is 1. The Bertz CT molecular complexity index is 783. The number of hydrogen-bond donors (Lipinski definition) is 1. The maximum atomic E-state index is 9.51. The first-order valence-corrected chi connectivity index (χ1v) is 6.32. The van der Waals surface area contributed by atoms with Crippen LogP contribution >= 0.6 is 11.6 Å². The third-order valence-corrected chi connectivity index (χ3v) is 4.05. The van der Waals surface area contributed by atoms with Gasteiger partial charge in [-0.25, -0.2) is 0 Å². The van der Waals surface area contributed by atoms with Crippen molar-refractivity contribution in [3.05, 3.63) is 46.1 Å². The van der Waals surface area contributed by atoms with Gasteiger partial charge in [0.15, 0.2) is 0 Å². The summed E-state index contributed by atoms with van der Waals surface area (Å²) in [6.07, 6.45) is 0. The Labute approximate surface area is 126 Å². The van der Waals surface area contributed by atoms with Crippen LogP contribution < -0.4 is 5.73 Å². The van der Waals surface area contributed by atoms with Gasteiger partial charge in [-0.2, -0.15) is 21.0 Å². The molecule has 2 rings (SSSR count). The van der Waals surface area contributed by atoms with Gasteiger partial charge in [0.05, 0.1) is 23.8 Å². The van der Waals surface area contributed by atoms with Crippen LogP contribution in [0.5, 0.6) is 0 Å². The summed E-state index contributed by atoms with van der Waals surface area (Å²) in [5, 5.41) is 37.1. The highest BCUT2D eigenvalue weighted by molar-refractivity contribution is 6.31. The van der Waals surface area contributed by atoms with Crippen molar-refractivity contribution < 1.29 is 0 Å². The zero-order valence-corrected chi connectivity index (χ0v) is 11.5. The van der Waals surface area contributed by atoms with Crippen molar-refractivity contribution in [1.82, 2.24) is 0 Å². The molecule has 0 unspecified atom stereocenters. The molecule has 1 aliphatic carbocycles. The van der Waals surface area contributed by atoms with Crippen LogP contribution in [0.3, 0.4) is 0 Å². The monoisotopic (exact) mass is 293 g/mol. The third-order valence-electron chi connectivity index (χ3n) is 3.71. The smallest absolute Gasteiger partial charge is 0.150 e. The average Bonchev–Trinajstić information content (AvgIpc) is 3.17. The van der Waals surface area contributed by atoms with E-state index in [-0.39, 0.29) is 11.3 Å². The van der Waals surface area contributed by atoms with Crippen LogP contribution in [-0.4, -0.2) is 0 Å². The fourth-order valence-corrected chi connectivity index (χ4v) is 2.86. The lowest BCUT2D eigenvalue weighted by Gasteiger charge is -2.10. The first kappa shape index (κ1) is 14.4. The lowest BCUT2D eigenvalue weighted by atomic mass is 9.94. The third kappa shape index (κ3) is 1.89. The van der Waals surface area contributed by atoms with E-state index in [9.17, 15) is 10.5 Å². The minimum Gasteiger partial charge on any atom is -0.399 e. The summed E-state index contributed by atoms with van der Waals surface area (Å²) in [5.74, 6) is -1.28. The van der Waals surface area contributed by atoms with E-state index in [0.29, 0.717) is 10.6 Å². The van der Waals surface area contributed by atoms with Crippen molar-refractivity contribution in [3.63, 3.8) is 0 Å². The maximum Gasteiger partial charge on any atom is 0.150 e. The molecule has 6 heteroatoms. The molecule has 2 N–H and O–H groups in total. The van der Waals surface area contributed by atoms with E-state index in [2.05, 4.69) is 0 Å². The largest absolute Gasteiger partial charge is 0.399 e. The number of nitriles is 4. The lowest BCUT2D eigenvalue weighted by Crippen LogP contribution is -2.17. The van der Waals surface area contributed by atoms with Gasteiger partial charge in [-0.15, -0.1) is 0 Å². The summed E-state index contributed by atoms with van der Waals surface area (Å²) in [7, 11) is 0. The second kappa shape index (κ2) is 5.18. The number of benzene rings is 1. The Morgan fingerprint density at radius 3 is 2.24 bits per heavy atom. The Hall–Kier alpha value is -2.99. The van der Waals surface area contributed by atoms with Gasteiger partial charge in [-0.05, 0) is 11.6 Å². The molecule has 0 heterocycles. The number of nitrogens with zero attached hydrogens (tertiary/aromatic N) is 4. The van der Waals surface area contributed by atoms with Crippen LogP contribution in [0.4, 0.5) is 0 Å². The summed E-state index contributed by atoms with van der Waals surface area (Å²) >= 11 is 6.11. The van der Waals surface area contributed by atoms with E-state index in [1.165, 1.54) is 0 Å². The zero-order chi connectivity index (χ0) is 15.6. The first-order chi connectivity index (χ1) is 10.1. The molecule has 0 aliphatic heterocycles. The highest BCUT2D eigenvalue weighted by Crippen LogP contribution is 2.68.